The van der Waals surface area contributed by atoms with E-state index in [2.05, 4.69) is 54.1 Å². The predicted molar refractivity (Wildman–Crippen MR) is 168 cm³/mol. The Kier molecular flexibility index (Phi) is 7.86. The molecule has 7 heteroatoms. The first kappa shape index (κ1) is 27.2. The number of para-hydroxylation sites is 1. The molecule has 0 spiro atoms. The van der Waals surface area contributed by atoms with Crippen LogP contribution in [-0.4, -0.2) is 34.1 Å². The van der Waals surface area contributed by atoms with Crippen LogP contribution in [-0.2, 0) is 11.3 Å². The van der Waals surface area contributed by atoms with Gasteiger partial charge in [0, 0.05) is 40.0 Å². The van der Waals surface area contributed by atoms with Crippen molar-refractivity contribution in [3.63, 3.8) is 0 Å². The number of methoxy groups -OCH3 is 1. The van der Waals surface area contributed by atoms with Crippen LogP contribution in [0.25, 0.3) is 10.9 Å². The average Bonchev–Trinajstić information content (AvgIpc) is 3.60. The number of thioether (sulfide) groups is 1. The smallest absolute Gasteiger partial charge is 0.253 e. The Morgan fingerprint density at radius 2 is 1.71 bits per heavy atom. The third-order valence-electron chi connectivity index (χ3n) is 7.45. The van der Waals surface area contributed by atoms with Gasteiger partial charge in [-0.05, 0) is 60.0 Å². The number of aromatic nitrogens is 1. The van der Waals surface area contributed by atoms with Gasteiger partial charge in [0.05, 0.1) is 24.6 Å². The molecule has 2 heterocycles. The molecule has 6 rings (SSSR count). The SMILES string of the molecule is COc1ccc(C2=NN(C(=O)CSc3cn(Cc4ccccc4Cl)c4ccccc34)C(c3ccc(C)cc3)C2)cc1. The fraction of sp³-hybridized carbons (Fsp3) is 0.176. The quantitative estimate of drug-likeness (QED) is 0.174. The molecule has 5 aromatic rings. The van der Waals surface area contributed by atoms with Crippen molar-refractivity contribution in [1.82, 2.24) is 9.58 Å². The second kappa shape index (κ2) is 11.9. The van der Waals surface area contributed by atoms with Gasteiger partial charge >= 0.3 is 0 Å². The number of amides is 1. The van der Waals surface area contributed by atoms with Crippen LogP contribution in [0.1, 0.15) is 34.7 Å². The van der Waals surface area contributed by atoms with Crippen molar-refractivity contribution in [3.8, 4) is 5.75 Å². The van der Waals surface area contributed by atoms with E-state index in [4.69, 9.17) is 21.4 Å². The molecule has 1 aliphatic rings. The molecule has 1 unspecified atom stereocenters. The van der Waals surface area contributed by atoms with E-state index in [0.717, 1.165) is 49.0 Å². The average molecular weight is 580 g/mol. The molecular formula is C34H30ClN3O2S. The Morgan fingerprint density at radius 1 is 0.976 bits per heavy atom. The third kappa shape index (κ3) is 5.76. The van der Waals surface area contributed by atoms with Crippen molar-refractivity contribution in [3.05, 3.63) is 131 Å². The number of ether oxygens (including phenoxy) is 1. The van der Waals surface area contributed by atoms with E-state index in [1.54, 1.807) is 23.9 Å². The molecule has 1 aliphatic heterocycles. The van der Waals surface area contributed by atoms with Gasteiger partial charge in [0.2, 0.25) is 0 Å². The highest BCUT2D eigenvalue weighted by Gasteiger charge is 2.33. The van der Waals surface area contributed by atoms with Gasteiger partial charge in [-0.1, -0.05) is 77.8 Å². The lowest BCUT2D eigenvalue weighted by Crippen LogP contribution is -2.28. The Morgan fingerprint density at radius 3 is 2.46 bits per heavy atom. The fourth-order valence-electron chi connectivity index (χ4n) is 5.22. The predicted octanol–water partition coefficient (Wildman–Crippen LogP) is 8.13. The Hall–Kier alpha value is -4.00. The molecular weight excluding hydrogens is 550 g/mol. The molecule has 0 aliphatic carbocycles. The maximum Gasteiger partial charge on any atom is 0.253 e. The molecule has 4 aromatic carbocycles. The number of hydrogen-bond acceptors (Lipinski definition) is 4. The summed E-state index contributed by atoms with van der Waals surface area (Å²) in [7, 11) is 1.65. The lowest BCUT2D eigenvalue weighted by molar-refractivity contribution is -0.130. The first-order valence-electron chi connectivity index (χ1n) is 13.5. The normalized spacial score (nSPS) is 14.9. The van der Waals surface area contributed by atoms with Gasteiger partial charge in [-0.2, -0.15) is 5.10 Å². The van der Waals surface area contributed by atoms with Crippen molar-refractivity contribution in [2.45, 2.75) is 30.8 Å². The molecule has 0 saturated carbocycles. The van der Waals surface area contributed by atoms with E-state index in [1.807, 2.05) is 60.7 Å². The van der Waals surface area contributed by atoms with E-state index in [1.165, 1.54) is 5.56 Å². The van der Waals surface area contributed by atoms with E-state index in [0.29, 0.717) is 13.0 Å². The largest absolute Gasteiger partial charge is 0.497 e. The molecule has 5 nitrogen and oxygen atoms in total. The summed E-state index contributed by atoms with van der Waals surface area (Å²) in [6, 6.07) is 32.3. The highest BCUT2D eigenvalue weighted by atomic mass is 35.5. The Labute approximate surface area is 249 Å². The van der Waals surface area contributed by atoms with Crippen LogP contribution < -0.4 is 4.74 Å². The van der Waals surface area contributed by atoms with Crippen LogP contribution in [0.15, 0.2) is 113 Å². The zero-order valence-electron chi connectivity index (χ0n) is 23.0. The van der Waals surface area contributed by atoms with Gasteiger partial charge in [-0.25, -0.2) is 5.01 Å². The van der Waals surface area contributed by atoms with Gasteiger partial charge in [-0.15, -0.1) is 11.8 Å². The molecule has 0 bridgehead atoms. The van der Waals surface area contributed by atoms with Gasteiger partial charge in [-0.3, -0.25) is 4.79 Å². The molecule has 1 amide bonds. The summed E-state index contributed by atoms with van der Waals surface area (Å²) < 4.78 is 7.53. The van der Waals surface area contributed by atoms with Crippen molar-refractivity contribution >= 4 is 45.9 Å². The molecule has 41 heavy (non-hydrogen) atoms. The summed E-state index contributed by atoms with van der Waals surface area (Å²) in [6.07, 6.45) is 2.78. The van der Waals surface area contributed by atoms with Crippen molar-refractivity contribution < 1.29 is 9.53 Å². The molecule has 0 fully saturated rings. The van der Waals surface area contributed by atoms with Gasteiger partial charge < -0.3 is 9.30 Å². The maximum atomic E-state index is 13.8. The number of hydrazone groups is 1. The maximum absolute atomic E-state index is 13.8. The van der Waals surface area contributed by atoms with E-state index >= 15 is 0 Å². The monoisotopic (exact) mass is 579 g/mol. The number of fused-ring (bicyclic) bond motifs is 1. The number of aryl methyl sites for hydroxylation is 1. The van der Waals surface area contributed by atoms with E-state index < -0.39 is 0 Å². The van der Waals surface area contributed by atoms with Crippen LogP contribution >= 0.6 is 23.4 Å². The van der Waals surface area contributed by atoms with E-state index in [-0.39, 0.29) is 17.7 Å². The first-order chi connectivity index (χ1) is 20.0. The Bertz CT molecular complexity index is 1730. The number of halogens is 1. The first-order valence-corrected chi connectivity index (χ1v) is 14.9. The summed E-state index contributed by atoms with van der Waals surface area (Å²) >= 11 is 8.02. The van der Waals surface area contributed by atoms with Crippen LogP contribution in [0.4, 0.5) is 0 Å². The summed E-state index contributed by atoms with van der Waals surface area (Å²) in [5, 5.41) is 8.41. The summed E-state index contributed by atoms with van der Waals surface area (Å²) in [5.41, 5.74) is 6.32. The second-order valence-corrected chi connectivity index (χ2v) is 11.6. The number of nitrogens with zero attached hydrogens (tertiary/aromatic N) is 3. The van der Waals surface area contributed by atoms with Gasteiger partial charge in [0.25, 0.3) is 5.91 Å². The van der Waals surface area contributed by atoms with Crippen LogP contribution in [0, 0.1) is 6.92 Å². The van der Waals surface area contributed by atoms with Crippen molar-refractivity contribution in [2.75, 3.05) is 12.9 Å². The highest BCUT2D eigenvalue weighted by Crippen LogP contribution is 2.36. The summed E-state index contributed by atoms with van der Waals surface area (Å²) in [4.78, 5) is 14.8. The van der Waals surface area contributed by atoms with Crippen molar-refractivity contribution in [2.24, 2.45) is 5.10 Å². The van der Waals surface area contributed by atoms with Crippen LogP contribution in [0.3, 0.4) is 0 Å². The topological polar surface area (TPSA) is 46.8 Å². The minimum Gasteiger partial charge on any atom is -0.497 e. The van der Waals surface area contributed by atoms with Crippen LogP contribution in [0.5, 0.6) is 5.75 Å². The number of benzene rings is 4. The molecule has 206 valence electrons. The fourth-order valence-corrected chi connectivity index (χ4v) is 6.36. The third-order valence-corrected chi connectivity index (χ3v) is 8.85. The van der Waals surface area contributed by atoms with Crippen LogP contribution in [0.2, 0.25) is 5.02 Å². The number of carbonyl (C=O) groups excluding carboxylic acids is 1. The zero-order valence-corrected chi connectivity index (χ0v) is 24.5. The lowest BCUT2D eigenvalue weighted by Gasteiger charge is -2.22. The van der Waals surface area contributed by atoms with Gasteiger partial charge in [0.1, 0.15) is 5.75 Å². The molecule has 0 N–H and O–H groups in total. The highest BCUT2D eigenvalue weighted by molar-refractivity contribution is 8.00. The number of hydrogen-bond donors (Lipinski definition) is 0. The summed E-state index contributed by atoms with van der Waals surface area (Å²) in [5.74, 6) is 1.05. The van der Waals surface area contributed by atoms with E-state index in [9.17, 15) is 4.79 Å². The zero-order chi connectivity index (χ0) is 28.3. The van der Waals surface area contributed by atoms with Crippen molar-refractivity contribution in [1.29, 1.82) is 0 Å². The molecule has 0 saturated heterocycles. The summed E-state index contributed by atoms with van der Waals surface area (Å²) in [6.45, 7) is 2.73. The minimum atomic E-state index is -0.151. The standard InChI is InChI=1S/C34H30ClN3O2S/c1-23-11-13-25(14-12-23)32-19-30(24-15-17-27(40-2)18-16-24)36-38(32)34(39)22-41-33-21-37(31-10-6-4-8-28(31)33)20-26-7-3-5-9-29(26)35/h3-18,21,32H,19-20,22H2,1-2H3. The minimum absolute atomic E-state index is 0.0213. The molecule has 1 aromatic heterocycles. The number of rotatable bonds is 8. The molecule has 0 radical (unpaired) electrons. The Balaban J connectivity index is 1.26. The second-order valence-electron chi connectivity index (χ2n) is 10.2. The lowest BCUT2D eigenvalue weighted by atomic mass is 9.97. The molecule has 1 atom stereocenters. The van der Waals surface area contributed by atoms with Gasteiger partial charge in [0.15, 0.2) is 0 Å². The number of carbonyl (C=O) groups is 1.